The molecule has 0 amide bonds. The number of aryl methyl sites for hydroxylation is 2. The lowest BCUT2D eigenvalue weighted by Crippen LogP contribution is -2.02. The zero-order chi connectivity index (χ0) is 13.3. The van der Waals surface area contributed by atoms with E-state index in [-0.39, 0.29) is 0 Å². The van der Waals surface area contributed by atoms with Crippen LogP contribution < -0.4 is 5.73 Å². The zero-order valence-electron chi connectivity index (χ0n) is 10.5. The first-order valence-electron chi connectivity index (χ1n) is 5.45. The van der Waals surface area contributed by atoms with Gasteiger partial charge in [-0.2, -0.15) is 4.37 Å². The second-order valence-corrected chi connectivity index (χ2v) is 4.84. The minimum atomic E-state index is -0.444. The average molecular weight is 262 g/mol. The Bertz CT molecular complexity index is 605. The number of nitrogens with zero attached hydrogens (tertiary/aromatic N) is 1. The standard InChI is InChI=1S/C13H14N2O2S/c1-7-4-5-9(6-8(7)2)11-10(14)12(18-15-11)13(16)17-3/h4-6H,14H2,1-3H3. The zero-order valence-corrected chi connectivity index (χ0v) is 11.3. The summed E-state index contributed by atoms with van der Waals surface area (Å²) in [7, 11) is 1.33. The van der Waals surface area contributed by atoms with Crippen LogP contribution in [0.5, 0.6) is 0 Å². The van der Waals surface area contributed by atoms with Crippen LogP contribution in [0.15, 0.2) is 18.2 Å². The summed E-state index contributed by atoms with van der Waals surface area (Å²) in [4.78, 5) is 11.8. The van der Waals surface area contributed by atoms with E-state index in [1.54, 1.807) is 0 Å². The third-order valence-electron chi connectivity index (χ3n) is 2.88. The predicted molar refractivity (Wildman–Crippen MR) is 72.8 cm³/mol. The van der Waals surface area contributed by atoms with E-state index in [9.17, 15) is 4.79 Å². The molecule has 4 nitrogen and oxygen atoms in total. The number of hydrogen-bond donors (Lipinski definition) is 1. The summed E-state index contributed by atoms with van der Waals surface area (Å²) in [5.74, 6) is -0.444. The van der Waals surface area contributed by atoms with E-state index in [0.717, 1.165) is 17.1 Å². The monoisotopic (exact) mass is 262 g/mol. The molecule has 0 radical (unpaired) electrons. The number of nitrogens with two attached hydrogens (primary N) is 1. The first-order chi connectivity index (χ1) is 8.54. The molecular formula is C13H14N2O2S. The van der Waals surface area contributed by atoms with E-state index in [2.05, 4.69) is 9.11 Å². The highest BCUT2D eigenvalue weighted by molar-refractivity contribution is 7.09. The molecule has 0 bridgehead atoms. The van der Waals surface area contributed by atoms with Crippen molar-refractivity contribution in [1.82, 2.24) is 4.37 Å². The van der Waals surface area contributed by atoms with Gasteiger partial charge in [0, 0.05) is 5.56 Å². The van der Waals surface area contributed by atoms with Crippen molar-refractivity contribution in [1.29, 1.82) is 0 Å². The highest BCUT2D eigenvalue weighted by Gasteiger charge is 2.19. The molecule has 0 spiro atoms. The Hall–Kier alpha value is -1.88. The van der Waals surface area contributed by atoms with E-state index in [1.807, 2.05) is 32.0 Å². The Balaban J connectivity index is 2.48. The number of carbonyl (C=O) groups excluding carboxylic acids is 1. The van der Waals surface area contributed by atoms with E-state index in [4.69, 9.17) is 5.73 Å². The maximum Gasteiger partial charge on any atom is 0.351 e. The molecule has 1 aromatic carbocycles. The van der Waals surface area contributed by atoms with Crippen molar-refractivity contribution in [3.8, 4) is 11.3 Å². The maximum atomic E-state index is 11.5. The van der Waals surface area contributed by atoms with Gasteiger partial charge in [0.15, 0.2) is 4.88 Å². The number of esters is 1. The molecule has 0 aliphatic rings. The lowest BCUT2D eigenvalue weighted by Gasteiger charge is -2.04. The number of benzene rings is 1. The molecule has 0 saturated carbocycles. The van der Waals surface area contributed by atoms with Crippen LogP contribution in [0, 0.1) is 13.8 Å². The second kappa shape index (κ2) is 4.78. The average Bonchev–Trinajstić information content (AvgIpc) is 2.74. The fourth-order valence-electron chi connectivity index (χ4n) is 1.63. The van der Waals surface area contributed by atoms with Gasteiger partial charge in [-0.25, -0.2) is 4.79 Å². The van der Waals surface area contributed by atoms with Crippen molar-refractivity contribution in [2.45, 2.75) is 13.8 Å². The van der Waals surface area contributed by atoms with Crippen molar-refractivity contribution in [2.75, 3.05) is 12.8 Å². The molecule has 0 aliphatic carbocycles. The lowest BCUT2D eigenvalue weighted by molar-refractivity contribution is 0.0607. The van der Waals surface area contributed by atoms with Gasteiger partial charge in [0.2, 0.25) is 0 Å². The summed E-state index contributed by atoms with van der Waals surface area (Å²) in [5.41, 5.74) is 10.3. The van der Waals surface area contributed by atoms with Gasteiger partial charge in [0.1, 0.15) is 5.69 Å². The second-order valence-electron chi connectivity index (χ2n) is 4.06. The third-order valence-corrected chi connectivity index (χ3v) is 3.72. The van der Waals surface area contributed by atoms with Gasteiger partial charge in [-0.1, -0.05) is 12.1 Å². The van der Waals surface area contributed by atoms with Gasteiger partial charge in [-0.15, -0.1) is 0 Å². The van der Waals surface area contributed by atoms with Crippen molar-refractivity contribution in [3.63, 3.8) is 0 Å². The van der Waals surface area contributed by atoms with Gasteiger partial charge >= 0.3 is 5.97 Å². The van der Waals surface area contributed by atoms with Crippen LogP contribution in [0.2, 0.25) is 0 Å². The number of carbonyl (C=O) groups is 1. The van der Waals surface area contributed by atoms with Crippen molar-refractivity contribution in [3.05, 3.63) is 34.2 Å². The lowest BCUT2D eigenvalue weighted by atomic mass is 10.0. The first-order valence-corrected chi connectivity index (χ1v) is 6.23. The topological polar surface area (TPSA) is 65.2 Å². The Kier molecular flexibility index (Phi) is 3.34. The molecule has 18 heavy (non-hydrogen) atoms. The fraction of sp³-hybridized carbons (Fsp3) is 0.231. The number of ether oxygens (including phenoxy) is 1. The molecule has 0 fully saturated rings. The summed E-state index contributed by atoms with van der Waals surface area (Å²) in [5, 5.41) is 0. The molecule has 1 aromatic heterocycles. The number of rotatable bonds is 2. The van der Waals surface area contributed by atoms with Crippen LogP contribution in [0.25, 0.3) is 11.3 Å². The molecule has 2 N–H and O–H groups in total. The third kappa shape index (κ3) is 2.09. The Morgan fingerprint density at radius 2 is 2.06 bits per heavy atom. The number of anilines is 1. The van der Waals surface area contributed by atoms with Gasteiger partial charge in [0.05, 0.1) is 12.8 Å². The van der Waals surface area contributed by atoms with E-state index >= 15 is 0 Å². The quantitative estimate of drug-likeness (QED) is 0.845. The number of hydrogen-bond acceptors (Lipinski definition) is 5. The summed E-state index contributed by atoms with van der Waals surface area (Å²) < 4.78 is 8.90. The largest absolute Gasteiger partial charge is 0.465 e. The number of nitrogen functional groups attached to an aromatic ring is 1. The molecule has 1 heterocycles. The summed E-state index contributed by atoms with van der Waals surface area (Å²) >= 11 is 1.06. The molecule has 0 unspecified atom stereocenters. The van der Waals surface area contributed by atoms with E-state index < -0.39 is 5.97 Å². The van der Waals surface area contributed by atoms with E-state index in [0.29, 0.717) is 16.3 Å². The molecule has 0 aliphatic heterocycles. The summed E-state index contributed by atoms with van der Waals surface area (Å²) in [6.45, 7) is 4.08. The molecule has 0 saturated heterocycles. The summed E-state index contributed by atoms with van der Waals surface area (Å²) in [6, 6.07) is 5.98. The Morgan fingerprint density at radius 3 is 2.67 bits per heavy atom. The highest BCUT2D eigenvalue weighted by atomic mass is 32.1. The normalized spacial score (nSPS) is 10.4. The molecule has 2 rings (SSSR count). The summed E-state index contributed by atoms with van der Waals surface area (Å²) in [6.07, 6.45) is 0. The fourth-order valence-corrected chi connectivity index (χ4v) is 2.37. The van der Waals surface area contributed by atoms with Crippen molar-refractivity contribution < 1.29 is 9.53 Å². The van der Waals surface area contributed by atoms with Crippen LogP contribution in [-0.4, -0.2) is 17.5 Å². The van der Waals surface area contributed by atoms with Crippen molar-refractivity contribution >= 4 is 23.2 Å². The first kappa shape index (κ1) is 12.6. The van der Waals surface area contributed by atoms with E-state index in [1.165, 1.54) is 18.2 Å². The van der Waals surface area contributed by atoms with Gasteiger partial charge in [0.25, 0.3) is 0 Å². The van der Waals surface area contributed by atoms with Crippen LogP contribution in [0.1, 0.15) is 20.8 Å². The molecule has 5 heteroatoms. The minimum absolute atomic E-state index is 0.353. The van der Waals surface area contributed by atoms with Crippen LogP contribution >= 0.6 is 11.5 Å². The number of methoxy groups -OCH3 is 1. The minimum Gasteiger partial charge on any atom is -0.465 e. The molecule has 0 atom stereocenters. The molecular weight excluding hydrogens is 248 g/mol. The Labute approximate surface area is 110 Å². The Morgan fingerprint density at radius 1 is 1.33 bits per heavy atom. The van der Waals surface area contributed by atoms with Gasteiger partial charge in [-0.3, -0.25) is 0 Å². The highest BCUT2D eigenvalue weighted by Crippen LogP contribution is 2.32. The molecule has 2 aromatic rings. The van der Waals surface area contributed by atoms with Crippen molar-refractivity contribution in [2.24, 2.45) is 0 Å². The van der Waals surface area contributed by atoms with Gasteiger partial charge in [-0.05, 0) is 42.6 Å². The van der Waals surface area contributed by atoms with Crippen LogP contribution in [-0.2, 0) is 4.74 Å². The predicted octanol–water partition coefficient (Wildman–Crippen LogP) is 2.80. The SMILES string of the molecule is COC(=O)c1snc(-c2ccc(C)c(C)c2)c1N. The maximum absolute atomic E-state index is 11.5. The van der Waals surface area contributed by atoms with Crippen LogP contribution in [0.4, 0.5) is 5.69 Å². The smallest absolute Gasteiger partial charge is 0.351 e. The number of aromatic nitrogens is 1. The molecule has 94 valence electrons. The van der Waals surface area contributed by atoms with Crippen LogP contribution in [0.3, 0.4) is 0 Å². The van der Waals surface area contributed by atoms with Gasteiger partial charge < -0.3 is 10.5 Å².